The summed E-state index contributed by atoms with van der Waals surface area (Å²) < 4.78 is 2.11. The first kappa shape index (κ1) is 10.4. The van der Waals surface area contributed by atoms with Gasteiger partial charge in [0, 0.05) is 26.0 Å². The minimum atomic E-state index is 0.404. The fourth-order valence-corrected chi connectivity index (χ4v) is 1.86. The van der Waals surface area contributed by atoms with Gasteiger partial charge in [0.1, 0.15) is 5.82 Å². The summed E-state index contributed by atoms with van der Waals surface area (Å²) >= 11 is 0. The van der Waals surface area contributed by atoms with Crippen LogP contribution in [0.2, 0.25) is 0 Å². The van der Waals surface area contributed by atoms with Gasteiger partial charge in [0.2, 0.25) is 0 Å². The first-order valence-corrected chi connectivity index (χ1v) is 5.53. The number of aromatic nitrogens is 2. The number of nitrogens with one attached hydrogen (secondary N) is 1. The summed E-state index contributed by atoms with van der Waals surface area (Å²) in [5.41, 5.74) is 1.18. The van der Waals surface area contributed by atoms with Crippen molar-refractivity contribution in [1.29, 1.82) is 0 Å². The molecule has 15 heavy (non-hydrogen) atoms. The monoisotopic (exact) mass is 205 g/mol. The third-order valence-corrected chi connectivity index (χ3v) is 2.85. The maximum Gasteiger partial charge on any atom is 0.125 e. The van der Waals surface area contributed by atoms with Crippen molar-refractivity contribution >= 4 is 0 Å². The van der Waals surface area contributed by atoms with Crippen LogP contribution in [0.1, 0.15) is 31.6 Å². The first-order chi connectivity index (χ1) is 7.18. The molecule has 1 atom stereocenters. The molecular weight excluding hydrogens is 186 g/mol. The lowest BCUT2D eigenvalue weighted by Gasteiger charge is -2.18. The second-order valence-electron chi connectivity index (χ2n) is 4.55. The summed E-state index contributed by atoms with van der Waals surface area (Å²) in [4.78, 5) is 4.43. The second-order valence-corrected chi connectivity index (χ2v) is 4.55. The van der Waals surface area contributed by atoms with Gasteiger partial charge in [-0.25, -0.2) is 4.98 Å². The van der Waals surface area contributed by atoms with E-state index in [-0.39, 0.29) is 0 Å². The Kier molecular flexibility index (Phi) is 2.91. The third kappa shape index (κ3) is 2.48. The normalized spacial score (nSPS) is 17.7. The molecule has 0 aliphatic heterocycles. The number of nitrogens with zero attached hydrogens (tertiary/aromatic N) is 2. The summed E-state index contributed by atoms with van der Waals surface area (Å²) in [7, 11) is 2.06. The minimum Gasteiger partial charge on any atom is -0.337 e. The lowest BCUT2D eigenvalue weighted by atomic mass is 10.1. The number of imidazole rings is 1. The summed E-state index contributed by atoms with van der Waals surface area (Å²) in [5.74, 6) is 1.92. The van der Waals surface area contributed by atoms with Crippen molar-refractivity contribution in [1.82, 2.24) is 14.9 Å². The van der Waals surface area contributed by atoms with Crippen LogP contribution in [0.5, 0.6) is 0 Å². The molecule has 3 nitrogen and oxygen atoms in total. The molecule has 0 saturated heterocycles. The van der Waals surface area contributed by atoms with Gasteiger partial charge in [-0.1, -0.05) is 12.2 Å². The molecule has 3 heteroatoms. The van der Waals surface area contributed by atoms with E-state index >= 15 is 0 Å². The molecule has 1 aliphatic rings. The molecule has 0 bridgehead atoms. The Labute approximate surface area is 91.2 Å². The Morgan fingerprint density at radius 3 is 2.93 bits per heavy atom. The predicted octanol–water partition coefficient (Wildman–Crippen LogP) is 2.04. The van der Waals surface area contributed by atoms with Crippen molar-refractivity contribution in [3.05, 3.63) is 30.4 Å². The van der Waals surface area contributed by atoms with E-state index in [1.807, 2.05) is 12.4 Å². The fraction of sp³-hybridized carbons (Fsp3) is 0.583. The lowest BCUT2D eigenvalue weighted by molar-refractivity contribution is 0.464. The van der Waals surface area contributed by atoms with E-state index in [9.17, 15) is 0 Å². The molecule has 1 saturated carbocycles. The van der Waals surface area contributed by atoms with Gasteiger partial charge in [0.05, 0.1) is 6.04 Å². The van der Waals surface area contributed by atoms with E-state index in [0.29, 0.717) is 6.04 Å². The Morgan fingerprint density at radius 1 is 1.73 bits per heavy atom. The Morgan fingerprint density at radius 2 is 2.47 bits per heavy atom. The van der Waals surface area contributed by atoms with Gasteiger partial charge < -0.3 is 9.88 Å². The number of hydrogen-bond donors (Lipinski definition) is 1. The van der Waals surface area contributed by atoms with Crippen LogP contribution in [0, 0.1) is 5.92 Å². The summed E-state index contributed by atoms with van der Waals surface area (Å²) in [5, 5.41) is 3.54. The number of hydrogen-bond acceptors (Lipinski definition) is 2. The van der Waals surface area contributed by atoms with Crippen LogP contribution in [-0.2, 0) is 7.05 Å². The quantitative estimate of drug-likeness (QED) is 0.745. The van der Waals surface area contributed by atoms with Crippen LogP contribution < -0.4 is 5.32 Å². The van der Waals surface area contributed by atoms with E-state index in [2.05, 4.69) is 35.4 Å². The molecule has 2 rings (SSSR count). The molecule has 1 aromatic rings. The highest BCUT2D eigenvalue weighted by Gasteiger charge is 2.34. The van der Waals surface area contributed by atoms with E-state index in [1.165, 1.54) is 18.4 Å². The molecule has 1 aliphatic carbocycles. The highest BCUT2D eigenvalue weighted by molar-refractivity contribution is 5.06. The maximum absolute atomic E-state index is 4.43. The van der Waals surface area contributed by atoms with Crippen molar-refractivity contribution in [2.75, 3.05) is 6.54 Å². The van der Waals surface area contributed by atoms with Crippen LogP contribution in [0.15, 0.2) is 24.5 Å². The van der Waals surface area contributed by atoms with Gasteiger partial charge in [-0.05, 0) is 25.7 Å². The van der Waals surface area contributed by atoms with Crippen LogP contribution in [-0.4, -0.2) is 16.1 Å². The number of aryl methyl sites for hydroxylation is 1. The Hall–Kier alpha value is -1.09. The topological polar surface area (TPSA) is 29.9 Å². The molecule has 1 fully saturated rings. The molecule has 1 N–H and O–H groups in total. The summed E-state index contributed by atoms with van der Waals surface area (Å²) in [6, 6.07) is 0.404. The van der Waals surface area contributed by atoms with Crippen molar-refractivity contribution in [3.8, 4) is 0 Å². The van der Waals surface area contributed by atoms with Crippen molar-refractivity contribution in [2.24, 2.45) is 13.0 Å². The van der Waals surface area contributed by atoms with Crippen molar-refractivity contribution in [3.63, 3.8) is 0 Å². The molecule has 0 radical (unpaired) electrons. The van der Waals surface area contributed by atoms with Gasteiger partial charge in [0.15, 0.2) is 0 Å². The van der Waals surface area contributed by atoms with Gasteiger partial charge in [0.25, 0.3) is 0 Å². The Balaban J connectivity index is 2.06. The standard InChI is InChI=1S/C12H19N3/c1-9(2)8-14-11(10-4-5-10)12-13-6-7-15(12)3/h6-7,10-11,14H,1,4-5,8H2,2-3H3/t11-/m0/s1. The summed E-state index contributed by atoms with van der Waals surface area (Å²) in [6.45, 7) is 6.85. The molecule has 0 spiro atoms. The van der Waals surface area contributed by atoms with Gasteiger partial charge in [-0.15, -0.1) is 0 Å². The van der Waals surface area contributed by atoms with Crippen LogP contribution >= 0.6 is 0 Å². The smallest absolute Gasteiger partial charge is 0.125 e. The third-order valence-electron chi connectivity index (χ3n) is 2.85. The Bertz CT molecular complexity index is 350. The van der Waals surface area contributed by atoms with Crippen LogP contribution in [0.25, 0.3) is 0 Å². The van der Waals surface area contributed by atoms with Gasteiger partial charge in [-0.2, -0.15) is 0 Å². The van der Waals surface area contributed by atoms with E-state index in [4.69, 9.17) is 0 Å². The van der Waals surface area contributed by atoms with Crippen LogP contribution in [0.4, 0.5) is 0 Å². The zero-order chi connectivity index (χ0) is 10.8. The fourth-order valence-electron chi connectivity index (χ4n) is 1.86. The van der Waals surface area contributed by atoms with Crippen molar-refractivity contribution < 1.29 is 0 Å². The first-order valence-electron chi connectivity index (χ1n) is 5.53. The average molecular weight is 205 g/mol. The maximum atomic E-state index is 4.43. The van der Waals surface area contributed by atoms with E-state index < -0.39 is 0 Å². The molecule has 82 valence electrons. The van der Waals surface area contributed by atoms with Crippen molar-refractivity contribution in [2.45, 2.75) is 25.8 Å². The second kappa shape index (κ2) is 4.19. The SMILES string of the molecule is C=C(C)CN[C@H](c1nccn1C)C1CC1. The van der Waals surface area contributed by atoms with E-state index in [1.54, 1.807) is 0 Å². The lowest BCUT2D eigenvalue weighted by Crippen LogP contribution is -2.27. The molecular formula is C12H19N3. The summed E-state index contributed by atoms with van der Waals surface area (Å²) in [6.07, 6.45) is 6.52. The van der Waals surface area contributed by atoms with E-state index in [0.717, 1.165) is 18.3 Å². The molecule has 1 aromatic heterocycles. The van der Waals surface area contributed by atoms with Gasteiger partial charge >= 0.3 is 0 Å². The average Bonchev–Trinajstić information content (AvgIpc) is 2.92. The molecule has 0 amide bonds. The highest BCUT2D eigenvalue weighted by atomic mass is 15.1. The highest BCUT2D eigenvalue weighted by Crippen LogP contribution is 2.40. The molecule has 1 heterocycles. The largest absolute Gasteiger partial charge is 0.337 e. The predicted molar refractivity (Wildman–Crippen MR) is 61.5 cm³/mol. The zero-order valence-corrected chi connectivity index (χ0v) is 9.53. The van der Waals surface area contributed by atoms with Gasteiger partial charge in [-0.3, -0.25) is 0 Å². The number of rotatable bonds is 5. The zero-order valence-electron chi connectivity index (χ0n) is 9.53. The van der Waals surface area contributed by atoms with Crippen LogP contribution in [0.3, 0.4) is 0 Å². The molecule has 0 unspecified atom stereocenters. The molecule has 0 aromatic carbocycles. The minimum absolute atomic E-state index is 0.404.